The maximum Gasteiger partial charge on any atom is 0.434 e. The van der Waals surface area contributed by atoms with Gasteiger partial charge in [-0.25, -0.2) is 19.9 Å². The van der Waals surface area contributed by atoms with Crippen molar-refractivity contribution in [2.24, 2.45) is 10.8 Å². The van der Waals surface area contributed by atoms with E-state index in [2.05, 4.69) is 69.2 Å². The predicted octanol–water partition coefficient (Wildman–Crippen LogP) is 11.7. The van der Waals surface area contributed by atoms with Crippen molar-refractivity contribution in [1.29, 1.82) is 0 Å². The zero-order valence-corrected chi connectivity index (χ0v) is 45.9. The number of carbonyl (C=O) groups excluding carboxylic acids is 1. The quantitative estimate of drug-likeness (QED) is 0.0293. The van der Waals surface area contributed by atoms with E-state index in [1.807, 2.05) is 0 Å². The Morgan fingerprint density at radius 1 is 0.560 bits per heavy atom. The Morgan fingerprint density at radius 3 is 1.24 bits per heavy atom. The fraction of sp³-hybridized carbons (Fsp3) is 0.451. The van der Waals surface area contributed by atoms with Gasteiger partial charge in [-0.1, -0.05) is 39.3 Å². The highest BCUT2D eigenvalue weighted by molar-refractivity contribution is 6.76. The van der Waals surface area contributed by atoms with Crippen molar-refractivity contribution >= 4 is 28.1 Å². The van der Waals surface area contributed by atoms with Crippen molar-refractivity contribution in [3.8, 4) is 57.1 Å². The van der Waals surface area contributed by atoms with Gasteiger partial charge in [0.25, 0.3) is 0 Å². The third-order valence-corrected chi connectivity index (χ3v) is 14.6. The highest BCUT2D eigenvalue weighted by atomic mass is 28.3. The molecular weight excluding hydrogens is 1020 g/mol. The summed E-state index contributed by atoms with van der Waals surface area (Å²) < 4.78 is 110. The number of rotatable bonds is 22. The molecule has 0 aromatic carbocycles. The number of methoxy groups -OCH3 is 1. The SMILES string of the molecule is CC(C)(COc1ccc(-c2ccc(-c3nc(C(F)(F)F)cn3COCC[Si](C)(C)C)cn2)cn1)C(=O)O.COC(=O)C(C)(C)COc1ccc(-c2ccc(-c3nc(C(F)(F)F)cn3COCC[Si](C)(C)C)cn2)cn1. The first-order valence-electron chi connectivity index (χ1n) is 23.7. The van der Waals surface area contributed by atoms with Crippen LogP contribution in [0.25, 0.3) is 45.3 Å². The third-order valence-electron chi connectivity index (χ3n) is 11.2. The summed E-state index contributed by atoms with van der Waals surface area (Å²) in [6.45, 7) is 20.6. The predicted molar refractivity (Wildman–Crippen MR) is 274 cm³/mol. The number of pyridine rings is 4. The van der Waals surface area contributed by atoms with Crippen LogP contribution in [0.4, 0.5) is 26.3 Å². The molecular formula is C51H64F6N8O8Si2. The molecule has 6 rings (SSSR count). The van der Waals surface area contributed by atoms with Crippen LogP contribution < -0.4 is 9.47 Å². The molecule has 6 aromatic heterocycles. The van der Waals surface area contributed by atoms with E-state index in [1.165, 1.54) is 34.8 Å². The molecule has 0 spiro atoms. The first-order chi connectivity index (χ1) is 34.8. The van der Waals surface area contributed by atoms with Crippen molar-refractivity contribution in [3.05, 3.63) is 97.1 Å². The normalized spacial score (nSPS) is 12.5. The van der Waals surface area contributed by atoms with Gasteiger partial charge >= 0.3 is 24.3 Å². The molecule has 1 N–H and O–H groups in total. The number of halogens is 6. The van der Waals surface area contributed by atoms with Gasteiger partial charge in [0.15, 0.2) is 11.4 Å². The van der Waals surface area contributed by atoms with Crippen molar-refractivity contribution in [2.45, 2.75) is 105 Å². The number of ether oxygens (including phenoxy) is 5. The first kappa shape index (κ1) is 59.4. The Bertz CT molecular complexity index is 2810. The van der Waals surface area contributed by atoms with Gasteiger partial charge in [0.2, 0.25) is 11.8 Å². The van der Waals surface area contributed by atoms with Crippen LogP contribution in [0.5, 0.6) is 11.8 Å². The number of esters is 1. The van der Waals surface area contributed by atoms with Gasteiger partial charge in [0.05, 0.1) is 29.3 Å². The molecule has 0 saturated carbocycles. The van der Waals surface area contributed by atoms with E-state index >= 15 is 0 Å². The lowest BCUT2D eigenvalue weighted by atomic mass is 9.95. The fourth-order valence-electron chi connectivity index (χ4n) is 6.38. The van der Waals surface area contributed by atoms with Crippen molar-refractivity contribution in [3.63, 3.8) is 0 Å². The zero-order valence-electron chi connectivity index (χ0n) is 43.9. The molecule has 0 radical (unpaired) electrons. The standard InChI is InChI=1S/C26H33F3N4O4Si.C25H31F3N4O4Si/c1-25(2,24(34)35-3)16-37-22-10-8-18(13-31-22)20-9-7-19(14-30-20)23-32-21(26(27,28)29)15-33(23)17-36-11-12-38(4,5)6;1-24(2,23(33)34)15-36-21-9-7-17(12-30-21)19-8-6-18(13-29-19)22-31-20(25(26,27)28)14-32(22)16-35-10-11-37(3,4)5/h7-10,13-15H,11-12,16-17H2,1-6H3;6-9,12-14H,10-11,15-16H2,1-5H3,(H,33,34). The summed E-state index contributed by atoms with van der Waals surface area (Å²) in [5, 5.41) is 9.18. The lowest BCUT2D eigenvalue weighted by Crippen LogP contribution is -2.32. The maximum absolute atomic E-state index is 13.4. The minimum absolute atomic E-state index is 0.0389. The largest absolute Gasteiger partial charge is 0.481 e. The molecule has 0 unspecified atom stereocenters. The number of carbonyl (C=O) groups is 2. The maximum atomic E-state index is 13.4. The molecule has 0 aliphatic rings. The summed E-state index contributed by atoms with van der Waals surface area (Å²) in [5.41, 5.74) is -0.564. The molecule has 0 fully saturated rings. The lowest BCUT2D eigenvalue weighted by molar-refractivity contribution is -0.152. The summed E-state index contributed by atoms with van der Waals surface area (Å²) in [6, 6.07) is 15.2. The number of hydrogen-bond donors (Lipinski definition) is 1. The molecule has 16 nitrogen and oxygen atoms in total. The minimum atomic E-state index is -4.58. The number of aliphatic carboxylic acids is 1. The van der Waals surface area contributed by atoms with Gasteiger partial charge in [-0.2, -0.15) is 26.3 Å². The molecule has 0 bridgehead atoms. The minimum Gasteiger partial charge on any atom is -0.481 e. The van der Waals surface area contributed by atoms with Gasteiger partial charge < -0.3 is 37.9 Å². The topological polar surface area (TPSA) is 188 Å². The Morgan fingerprint density at radius 2 is 0.933 bits per heavy atom. The molecule has 0 amide bonds. The molecule has 6 aromatic rings. The van der Waals surface area contributed by atoms with Crippen LogP contribution in [0.3, 0.4) is 0 Å². The first-order valence-corrected chi connectivity index (χ1v) is 31.1. The molecule has 406 valence electrons. The van der Waals surface area contributed by atoms with E-state index in [0.717, 1.165) is 24.5 Å². The monoisotopic (exact) mass is 1090 g/mol. The Hall–Kier alpha value is -6.51. The van der Waals surface area contributed by atoms with Gasteiger partial charge in [-0.05, 0) is 76.2 Å². The highest BCUT2D eigenvalue weighted by Gasteiger charge is 2.36. The number of aromatic nitrogens is 8. The van der Waals surface area contributed by atoms with Gasteiger partial charge in [0, 0.05) is 101 Å². The Labute approximate surface area is 433 Å². The number of hydrogen-bond acceptors (Lipinski definition) is 13. The number of nitrogens with zero attached hydrogens (tertiary/aromatic N) is 8. The third kappa shape index (κ3) is 17.8. The number of carboxylic acid groups (broad SMARTS) is 1. The molecule has 0 aliphatic heterocycles. The van der Waals surface area contributed by atoms with Crippen molar-refractivity contribution in [1.82, 2.24) is 39.0 Å². The van der Waals surface area contributed by atoms with E-state index in [0.29, 0.717) is 52.7 Å². The van der Waals surface area contributed by atoms with Crippen LogP contribution in [0.2, 0.25) is 51.4 Å². The van der Waals surface area contributed by atoms with Crippen molar-refractivity contribution in [2.75, 3.05) is 33.5 Å². The summed E-state index contributed by atoms with van der Waals surface area (Å²) in [4.78, 5) is 47.9. The number of carboxylic acids is 1. The van der Waals surface area contributed by atoms with Gasteiger partial charge in [-0.15, -0.1) is 0 Å². The van der Waals surface area contributed by atoms with Crippen molar-refractivity contribution < 1.29 is 64.7 Å². The molecule has 24 heteroatoms. The van der Waals surface area contributed by atoms with Crippen LogP contribution in [-0.2, 0) is 49.6 Å². The highest BCUT2D eigenvalue weighted by Crippen LogP contribution is 2.34. The van der Waals surface area contributed by atoms with Crippen LogP contribution in [0.1, 0.15) is 39.1 Å². The van der Waals surface area contributed by atoms with E-state index in [4.69, 9.17) is 23.7 Å². The zero-order chi connectivity index (χ0) is 55.6. The summed E-state index contributed by atoms with van der Waals surface area (Å²) in [6.07, 6.45) is -1.23. The van der Waals surface area contributed by atoms with E-state index in [-0.39, 0.29) is 50.2 Å². The van der Waals surface area contributed by atoms with E-state index in [1.54, 1.807) is 82.4 Å². The van der Waals surface area contributed by atoms with E-state index < -0.39 is 56.7 Å². The lowest BCUT2D eigenvalue weighted by Gasteiger charge is -2.21. The fourth-order valence-corrected chi connectivity index (χ4v) is 7.89. The van der Waals surface area contributed by atoms with Gasteiger partial charge in [0.1, 0.15) is 38.3 Å². The van der Waals surface area contributed by atoms with Crippen LogP contribution >= 0.6 is 0 Å². The smallest absolute Gasteiger partial charge is 0.434 e. The summed E-state index contributed by atoms with van der Waals surface area (Å²) in [5.74, 6) is -0.528. The van der Waals surface area contributed by atoms with E-state index in [9.17, 15) is 41.0 Å². The van der Waals surface area contributed by atoms with Gasteiger partial charge in [-0.3, -0.25) is 19.6 Å². The summed E-state index contributed by atoms with van der Waals surface area (Å²) >= 11 is 0. The average Bonchev–Trinajstić information content (AvgIpc) is 3.99. The molecule has 0 saturated heterocycles. The van der Waals surface area contributed by atoms with Crippen LogP contribution in [0, 0.1) is 10.8 Å². The Kier molecular flexibility index (Phi) is 19.3. The average molecular weight is 1090 g/mol. The summed E-state index contributed by atoms with van der Waals surface area (Å²) in [7, 11) is -1.34. The second-order valence-electron chi connectivity index (χ2n) is 21.3. The van der Waals surface area contributed by atoms with Crippen LogP contribution in [0.15, 0.2) is 85.7 Å². The molecule has 6 heterocycles. The second kappa shape index (κ2) is 24.4. The Balaban J connectivity index is 0.000000277. The molecule has 0 atom stereocenters. The number of alkyl halides is 6. The molecule has 75 heavy (non-hydrogen) atoms. The second-order valence-corrected chi connectivity index (χ2v) is 32.5. The number of imidazole rings is 2. The van der Waals surface area contributed by atoms with Crippen LogP contribution in [-0.4, -0.2) is 106 Å². The molecule has 0 aliphatic carbocycles.